The van der Waals surface area contributed by atoms with Crippen LogP contribution in [0.5, 0.6) is 0 Å². The van der Waals surface area contributed by atoms with Crippen LogP contribution >= 0.6 is 0 Å². The number of nitrogens with one attached hydrogen (secondary N) is 2. The van der Waals surface area contributed by atoms with Crippen LogP contribution in [0.4, 0.5) is 5.82 Å². The Morgan fingerprint density at radius 3 is 2.60 bits per heavy atom. The molecule has 0 spiro atoms. The Bertz CT molecular complexity index is 1270. The minimum absolute atomic E-state index is 0.693. The number of unbranched alkanes of at least 4 members (excludes halogenated alkanes) is 1. The van der Waals surface area contributed by atoms with Crippen LogP contribution in [0.15, 0.2) is 78.2 Å². The van der Waals surface area contributed by atoms with Gasteiger partial charge in [-0.15, -0.1) is 0 Å². The second-order valence-electron chi connectivity index (χ2n) is 8.67. The molecule has 2 N–H and O–H groups in total. The van der Waals surface area contributed by atoms with Crippen LogP contribution in [0.3, 0.4) is 0 Å². The van der Waals surface area contributed by atoms with Crippen molar-refractivity contribution >= 4 is 23.7 Å². The largest absolute Gasteiger partial charge is 0.366 e. The molecular formula is C30H33N5. The first-order chi connectivity index (χ1) is 17.2. The minimum Gasteiger partial charge on any atom is -0.366 e. The van der Waals surface area contributed by atoms with E-state index in [1.165, 1.54) is 28.7 Å². The number of nitrogens with zero attached hydrogens (tertiary/aromatic N) is 3. The highest BCUT2D eigenvalue weighted by molar-refractivity contribution is 6.10. The van der Waals surface area contributed by atoms with Gasteiger partial charge in [0.2, 0.25) is 0 Å². The first-order valence-electron chi connectivity index (χ1n) is 12.2. The number of anilines is 1. The number of aryl methyl sites for hydroxylation is 1. The Hall–Kier alpha value is -3.99. The van der Waals surface area contributed by atoms with Gasteiger partial charge in [-0.1, -0.05) is 80.1 Å². The van der Waals surface area contributed by atoms with Crippen molar-refractivity contribution in [3.8, 4) is 11.3 Å². The van der Waals surface area contributed by atoms with Crippen LogP contribution in [-0.4, -0.2) is 22.7 Å². The average Bonchev–Trinajstić information content (AvgIpc) is 2.90. The lowest BCUT2D eigenvalue weighted by Gasteiger charge is -2.13. The number of hydrazone groups is 1. The number of aromatic nitrogens is 2. The molecular weight excluding hydrogens is 430 g/mol. The van der Waals surface area contributed by atoms with E-state index in [0.717, 1.165) is 41.2 Å². The molecule has 0 fully saturated rings. The van der Waals surface area contributed by atoms with Crippen molar-refractivity contribution in [2.45, 2.75) is 40.2 Å². The third-order valence-corrected chi connectivity index (χ3v) is 6.07. The molecule has 0 atom stereocenters. The van der Waals surface area contributed by atoms with E-state index in [2.05, 4.69) is 119 Å². The summed E-state index contributed by atoms with van der Waals surface area (Å²) < 4.78 is 0. The molecule has 3 aromatic rings. The third kappa shape index (κ3) is 6.33. The van der Waals surface area contributed by atoms with E-state index in [1.54, 1.807) is 6.33 Å². The van der Waals surface area contributed by atoms with Gasteiger partial charge in [-0.3, -0.25) is 0 Å². The molecule has 2 heterocycles. The van der Waals surface area contributed by atoms with Crippen molar-refractivity contribution in [2.75, 3.05) is 11.9 Å². The van der Waals surface area contributed by atoms with Crippen molar-refractivity contribution in [1.29, 1.82) is 0 Å². The molecule has 0 unspecified atom stereocenters. The Kier molecular flexibility index (Phi) is 8.23. The normalized spacial score (nSPS) is 13.3. The summed E-state index contributed by atoms with van der Waals surface area (Å²) in [6, 6.07) is 15.1. The van der Waals surface area contributed by atoms with E-state index in [9.17, 15) is 0 Å². The molecule has 35 heavy (non-hydrogen) atoms. The van der Waals surface area contributed by atoms with Gasteiger partial charge in [0, 0.05) is 17.7 Å². The van der Waals surface area contributed by atoms with Crippen LogP contribution in [0.1, 0.15) is 47.6 Å². The zero-order valence-corrected chi connectivity index (χ0v) is 20.8. The molecule has 0 saturated heterocycles. The van der Waals surface area contributed by atoms with Gasteiger partial charge in [-0.05, 0) is 54.2 Å². The van der Waals surface area contributed by atoms with Gasteiger partial charge in [0.05, 0.1) is 18.5 Å². The molecule has 0 amide bonds. The predicted molar refractivity (Wildman–Crippen MR) is 148 cm³/mol. The van der Waals surface area contributed by atoms with Gasteiger partial charge in [0.1, 0.15) is 12.1 Å². The van der Waals surface area contributed by atoms with Gasteiger partial charge in [-0.2, -0.15) is 5.10 Å². The van der Waals surface area contributed by atoms with E-state index in [1.807, 2.05) is 6.21 Å². The maximum atomic E-state index is 4.61. The van der Waals surface area contributed by atoms with Gasteiger partial charge in [0.25, 0.3) is 0 Å². The van der Waals surface area contributed by atoms with Crippen LogP contribution in [-0.2, 0) is 6.54 Å². The molecule has 0 aliphatic carbocycles. The van der Waals surface area contributed by atoms with E-state index in [0.29, 0.717) is 6.54 Å². The van der Waals surface area contributed by atoms with Crippen LogP contribution in [0.25, 0.3) is 22.9 Å². The van der Waals surface area contributed by atoms with E-state index in [-0.39, 0.29) is 0 Å². The maximum Gasteiger partial charge on any atom is 0.133 e. The molecule has 0 bridgehead atoms. The van der Waals surface area contributed by atoms with Crippen LogP contribution < -0.4 is 10.7 Å². The van der Waals surface area contributed by atoms with Gasteiger partial charge in [0.15, 0.2) is 0 Å². The smallest absolute Gasteiger partial charge is 0.133 e. The zero-order chi connectivity index (χ0) is 24.5. The molecule has 4 rings (SSSR count). The molecule has 2 aromatic carbocycles. The van der Waals surface area contributed by atoms with E-state index >= 15 is 0 Å². The van der Waals surface area contributed by atoms with Crippen LogP contribution in [0.2, 0.25) is 0 Å². The summed E-state index contributed by atoms with van der Waals surface area (Å²) in [7, 11) is 0. The van der Waals surface area contributed by atoms with Gasteiger partial charge in [-0.25, -0.2) is 9.97 Å². The molecule has 5 nitrogen and oxygen atoms in total. The predicted octanol–water partition coefficient (Wildman–Crippen LogP) is 6.71. The number of hydrogen-bond donors (Lipinski definition) is 2. The maximum absolute atomic E-state index is 4.61. The Morgan fingerprint density at radius 1 is 1.00 bits per heavy atom. The van der Waals surface area contributed by atoms with E-state index < -0.39 is 0 Å². The number of rotatable bonds is 9. The zero-order valence-electron chi connectivity index (χ0n) is 20.8. The summed E-state index contributed by atoms with van der Waals surface area (Å²) in [5.74, 6) is 0.854. The van der Waals surface area contributed by atoms with Crippen molar-refractivity contribution < 1.29 is 0 Å². The third-order valence-electron chi connectivity index (χ3n) is 6.07. The standard InChI is InChI=1S/C30H33N5/c1-4-5-6-7-8-9-26-18-27(13-10-22(26)2)29-23(3)30(33-21-32-29)31-19-24-11-14-25(15-12-24)28-16-17-34-35-20-28/h6-16,18,20-21,34H,4-5,17,19H2,1-3H3,(H,31,32,33)/b7-6+,9-8-. The Morgan fingerprint density at radius 2 is 1.83 bits per heavy atom. The molecule has 0 radical (unpaired) electrons. The highest BCUT2D eigenvalue weighted by Crippen LogP contribution is 2.27. The summed E-state index contributed by atoms with van der Waals surface area (Å²) >= 11 is 0. The minimum atomic E-state index is 0.693. The lowest BCUT2D eigenvalue weighted by atomic mass is 10.0. The highest BCUT2D eigenvalue weighted by atomic mass is 15.3. The van der Waals surface area contributed by atoms with Crippen molar-refractivity contribution in [1.82, 2.24) is 15.4 Å². The monoisotopic (exact) mass is 463 g/mol. The highest BCUT2D eigenvalue weighted by Gasteiger charge is 2.10. The molecule has 1 aliphatic rings. The fourth-order valence-electron chi connectivity index (χ4n) is 3.96. The van der Waals surface area contributed by atoms with Gasteiger partial charge < -0.3 is 10.7 Å². The molecule has 0 saturated carbocycles. The van der Waals surface area contributed by atoms with Crippen molar-refractivity contribution in [3.63, 3.8) is 0 Å². The number of hydrogen-bond acceptors (Lipinski definition) is 5. The average molecular weight is 464 g/mol. The second-order valence-corrected chi connectivity index (χ2v) is 8.67. The van der Waals surface area contributed by atoms with Gasteiger partial charge >= 0.3 is 0 Å². The fourth-order valence-corrected chi connectivity index (χ4v) is 3.96. The summed E-state index contributed by atoms with van der Waals surface area (Å²) in [4.78, 5) is 9.12. The number of allylic oxidation sites excluding steroid dienone is 4. The van der Waals surface area contributed by atoms with Crippen molar-refractivity contribution in [3.05, 3.63) is 101 Å². The first kappa shape index (κ1) is 24.1. The summed E-state index contributed by atoms with van der Waals surface area (Å²) in [5, 5.41) is 7.63. The lowest BCUT2D eigenvalue weighted by Crippen LogP contribution is -2.10. The summed E-state index contributed by atoms with van der Waals surface area (Å²) in [5.41, 5.74) is 12.0. The van der Waals surface area contributed by atoms with Crippen molar-refractivity contribution in [2.24, 2.45) is 5.10 Å². The lowest BCUT2D eigenvalue weighted by molar-refractivity contribution is 0.825. The summed E-state index contributed by atoms with van der Waals surface area (Å²) in [6.07, 6.45) is 16.5. The quantitative estimate of drug-likeness (QED) is 0.346. The second kappa shape index (κ2) is 11.9. The SMILES string of the molecule is CCC/C=C/C=C\c1cc(-c2ncnc(NCc3ccc(C4=CCNN=C4)cc3)c2C)ccc1C. The summed E-state index contributed by atoms with van der Waals surface area (Å²) in [6.45, 7) is 7.86. The molecule has 178 valence electrons. The molecule has 5 heteroatoms. The fraction of sp³-hybridized carbons (Fsp3) is 0.233. The topological polar surface area (TPSA) is 62.2 Å². The first-order valence-corrected chi connectivity index (χ1v) is 12.2. The van der Waals surface area contributed by atoms with E-state index in [4.69, 9.17) is 0 Å². The molecule has 1 aromatic heterocycles. The molecule has 1 aliphatic heterocycles. The van der Waals surface area contributed by atoms with Crippen LogP contribution in [0, 0.1) is 13.8 Å². The Balaban J connectivity index is 1.47. The Labute approximate surface area is 208 Å². The number of benzene rings is 2.